The van der Waals surface area contributed by atoms with Crippen molar-refractivity contribution in [3.63, 3.8) is 0 Å². The second kappa shape index (κ2) is 13.9. The Kier molecular flexibility index (Phi) is 9.84. The number of hydrogen-bond donors (Lipinski definition) is 0. The lowest BCUT2D eigenvalue weighted by Crippen LogP contribution is -2.43. The summed E-state index contributed by atoms with van der Waals surface area (Å²) < 4.78 is 34.8. The van der Waals surface area contributed by atoms with Gasteiger partial charge in [-0.25, -0.2) is 13.4 Å². The van der Waals surface area contributed by atoms with E-state index in [9.17, 15) is 13.2 Å². The van der Waals surface area contributed by atoms with Crippen LogP contribution in [0.4, 0.5) is 0 Å². The molecule has 0 N–H and O–H groups in total. The van der Waals surface area contributed by atoms with Crippen LogP contribution < -0.4 is 0 Å². The average Bonchev–Trinajstić information content (AvgIpc) is 3.40. The fourth-order valence-corrected chi connectivity index (χ4v) is 6.79. The van der Waals surface area contributed by atoms with E-state index in [0.29, 0.717) is 32.0 Å². The molecule has 0 aliphatic carbocycles. The van der Waals surface area contributed by atoms with E-state index in [1.165, 1.54) is 0 Å². The molecule has 1 fully saturated rings. The zero-order valence-electron chi connectivity index (χ0n) is 24.1. The summed E-state index contributed by atoms with van der Waals surface area (Å²) in [6.45, 7) is 6.77. The molecule has 3 aromatic carbocycles. The third-order valence-electron chi connectivity index (χ3n) is 7.66. The summed E-state index contributed by atoms with van der Waals surface area (Å²) in [7, 11) is -3.77. The van der Waals surface area contributed by atoms with Crippen molar-refractivity contribution >= 4 is 15.7 Å². The van der Waals surface area contributed by atoms with Gasteiger partial charge in [-0.1, -0.05) is 84.9 Å². The Hall–Kier alpha value is -3.79. The molecule has 2 heterocycles. The maximum absolute atomic E-state index is 13.8. The van der Waals surface area contributed by atoms with Gasteiger partial charge in [-0.05, 0) is 29.2 Å². The molecule has 1 aromatic heterocycles. The standard InChI is InChI=1S/C33H38N4O4S/c1-27-10-8-9-15-30(27)26-42(39,40)33-34-23-31(37(33)24-29-13-6-3-7-14-29)25-36(17-16-35-18-20-41-21-19-35)32(38)22-28-11-4-2-5-12-28/h2-15,23H,16-22,24-26H2,1H3. The summed E-state index contributed by atoms with van der Waals surface area (Å²) in [5, 5.41) is 0.0215. The first-order valence-corrected chi connectivity index (χ1v) is 16.0. The first-order valence-electron chi connectivity index (χ1n) is 14.4. The molecule has 9 heteroatoms. The van der Waals surface area contributed by atoms with E-state index in [-0.39, 0.29) is 29.8 Å². The number of carbonyl (C=O) groups is 1. The molecule has 1 aliphatic heterocycles. The molecule has 0 bridgehead atoms. The molecule has 4 aromatic rings. The third kappa shape index (κ3) is 7.73. The number of nitrogens with zero attached hydrogens (tertiary/aromatic N) is 4. The predicted molar refractivity (Wildman–Crippen MR) is 163 cm³/mol. The normalized spacial score (nSPS) is 14.1. The van der Waals surface area contributed by atoms with Gasteiger partial charge < -0.3 is 14.2 Å². The monoisotopic (exact) mass is 586 g/mol. The van der Waals surface area contributed by atoms with Crippen molar-refractivity contribution in [1.82, 2.24) is 19.4 Å². The van der Waals surface area contributed by atoms with Crippen molar-refractivity contribution in [1.29, 1.82) is 0 Å². The molecule has 220 valence electrons. The minimum Gasteiger partial charge on any atom is -0.379 e. The van der Waals surface area contributed by atoms with Crippen LogP contribution in [0.5, 0.6) is 0 Å². The van der Waals surface area contributed by atoms with Crippen LogP contribution in [0.1, 0.15) is 27.9 Å². The van der Waals surface area contributed by atoms with E-state index in [2.05, 4.69) is 9.88 Å². The molecule has 8 nitrogen and oxygen atoms in total. The molecule has 42 heavy (non-hydrogen) atoms. The summed E-state index contributed by atoms with van der Waals surface area (Å²) in [6.07, 6.45) is 1.89. The van der Waals surface area contributed by atoms with E-state index >= 15 is 0 Å². The molecular weight excluding hydrogens is 548 g/mol. The van der Waals surface area contributed by atoms with Crippen LogP contribution in [0, 0.1) is 6.92 Å². The van der Waals surface area contributed by atoms with Gasteiger partial charge in [-0.15, -0.1) is 0 Å². The first-order chi connectivity index (χ1) is 20.4. The second-order valence-electron chi connectivity index (χ2n) is 10.7. The summed E-state index contributed by atoms with van der Waals surface area (Å²) in [6, 6.07) is 27.0. The fourth-order valence-electron chi connectivity index (χ4n) is 5.20. The lowest BCUT2D eigenvalue weighted by atomic mass is 10.1. The van der Waals surface area contributed by atoms with Crippen molar-refractivity contribution in [2.75, 3.05) is 39.4 Å². The SMILES string of the molecule is Cc1ccccc1CS(=O)(=O)c1ncc(CN(CCN2CCOCC2)C(=O)Cc2ccccc2)n1Cc1ccccc1. The zero-order valence-corrected chi connectivity index (χ0v) is 24.9. The van der Waals surface area contributed by atoms with Crippen molar-refractivity contribution in [3.05, 3.63) is 119 Å². The van der Waals surface area contributed by atoms with Crippen LogP contribution >= 0.6 is 0 Å². The first kappa shape index (κ1) is 29.7. The average molecular weight is 587 g/mol. The molecular formula is C33H38N4O4S. The fraction of sp³-hybridized carbons (Fsp3) is 0.333. The van der Waals surface area contributed by atoms with Gasteiger partial charge in [0.1, 0.15) is 0 Å². The second-order valence-corrected chi connectivity index (χ2v) is 12.6. The Morgan fingerprint density at radius 3 is 2.24 bits per heavy atom. The van der Waals surface area contributed by atoms with Gasteiger partial charge in [-0.3, -0.25) is 9.69 Å². The van der Waals surface area contributed by atoms with E-state index in [0.717, 1.165) is 41.9 Å². The minimum absolute atomic E-state index is 0.00811. The maximum Gasteiger partial charge on any atom is 0.228 e. The highest BCUT2D eigenvalue weighted by Gasteiger charge is 2.27. The Morgan fingerprint density at radius 1 is 0.905 bits per heavy atom. The van der Waals surface area contributed by atoms with E-state index in [4.69, 9.17) is 4.74 Å². The van der Waals surface area contributed by atoms with Gasteiger partial charge in [0, 0.05) is 26.2 Å². The van der Waals surface area contributed by atoms with Crippen LogP contribution in [0.2, 0.25) is 0 Å². The van der Waals surface area contributed by atoms with Crippen molar-refractivity contribution in [3.8, 4) is 0 Å². The van der Waals surface area contributed by atoms with E-state index in [1.54, 1.807) is 10.8 Å². The van der Waals surface area contributed by atoms with E-state index < -0.39 is 9.84 Å². The number of carbonyl (C=O) groups excluding carboxylic acids is 1. The Labute approximate surface area is 248 Å². The minimum atomic E-state index is -3.77. The van der Waals surface area contributed by atoms with Gasteiger partial charge in [0.15, 0.2) is 0 Å². The Morgan fingerprint density at radius 2 is 1.55 bits per heavy atom. The number of ether oxygens (including phenoxy) is 1. The number of rotatable bonds is 12. The van der Waals surface area contributed by atoms with Crippen molar-refractivity contribution in [2.24, 2.45) is 0 Å². The zero-order chi connectivity index (χ0) is 29.4. The van der Waals surface area contributed by atoms with Crippen LogP contribution in [0.15, 0.2) is 96.3 Å². The molecule has 0 saturated carbocycles. The third-order valence-corrected chi connectivity index (χ3v) is 9.24. The molecule has 5 rings (SSSR count). The number of morpholine rings is 1. The summed E-state index contributed by atoms with van der Waals surface area (Å²) in [5.74, 6) is -0.148. The molecule has 0 spiro atoms. The quantitative estimate of drug-likeness (QED) is 0.248. The van der Waals surface area contributed by atoms with Crippen LogP contribution in [0.25, 0.3) is 0 Å². The highest BCUT2D eigenvalue weighted by atomic mass is 32.2. The molecule has 0 radical (unpaired) electrons. The molecule has 1 aliphatic rings. The molecule has 0 atom stereocenters. The lowest BCUT2D eigenvalue weighted by molar-refractivity contribution is -0.131. The molecule has 1 amide bonds. The number of benzene rings is 3. The molecule has 1 saturated heterocycles. The number of aromatic nitrogens is 2. The number of imidazole rings is 1. The van der Waals surface area contributed by atoms with Crippen molar-refractivity contribution < 1.29 is 17.9 Å². The highest BCUT2D eigenvalue weighted by Crippen LogP contribution is 2.22. The number of amides is 1. The maximum atomic E-state index is 13.8. The topological polar surface area (TPSA) is 84.7 Å². The van der Waals surface area contributed by atoms with Gasteiger partial charge in [0.05, 0.1) is 50.4 Å². The van der Waals surface area contributed by atoms with Gasteiger partial charge in [-0.2, -0.15) is 0 Å². The van der Waals surface area contributed by atoms with Gasteiger partial charge in [0.25, 0.3) is 0 Å². The molecule has 0 unspecified atom stereocenters. The number of aryl methyl sites for hydroxylation is 1. The van der Waals surface area contributed by atoms with Gasteiger partial charge in [0.2, 0.25) is 20.9 Å². The van der Waals surface area contributed by atoms with Crippen LogP contribution in [0.3, 0.4) is 0 Å². The van der Waals surface area contributed by atoms with Crippen LogP contribution in [-0.4, -0.2) is 73.1 Å². The Bertz CT molecular complexity index is 1570. The lowest BCUT2D eigenvalue weighted by Gasteiger charge is -2.30. The highest BCUT2D eigenvalue weighted by molar-refractivity contribution is 7.90. The summed E-state index contributed by atoms with van der Waals surface area (Å²) in [4.78, 5) is 22.3. The summed E-state index contributed by atoms with van der Waals surface area (Å²) in [5.41, 5.74) is 4.25. The van der Waals surface area contributed by atoms with Crippen molar-refractivity contribution in [2.45, 2.75) is 37.3 Å². The summed E-state index contributed by atoms with van der Waals surface area (Å²) >= 11 is 0. The van der Waals surface area contributed by atoms with Gasteiger partial charge >= 0.3 is 0 Å². The largest absolute Gasteiger partial charge is 0.379 e. The van der Waals surface area contributed by atoms with E-state index in [1.807, 2.05) is 96.8 Å². The predicted octanol–water partition coefficient (Wildman–Crippen LogP) is 4.12. The van der Waals surface area contributed by atoms with Crippen LogP contribution in [-0.2, 0) is 44.6 Å². The number of hydrogen-bond acceptors (Lipinski definition) is 6. The smallest absolute Gasteiger partial charge is 0.228 e. The number of sulfone groups is 1. The Balaban J connectivity index is 1.45.